The molecule has 0 aliphatic rings. The molecular weight excluding hydrogens is 286 g/mol. The van der Waals surface area contributed by atoms with E-state index in [4.69, 9.17) is 0 Å². The summed E-state index contributed by atoms with van der Waals surface area (Å²) in [6.07, 6.45) is 3.25. The number of rotatable bonds is 5. The molecule has 1 heterocycles. The standard InChI is InChI=1S/C19H21N3O/c1-3-15-5-8-17(9-6-15)21-19(23)10-11-22-18-12-14(2)4-7-16(18)13-20-22/h4-9,12-13H,3,10-11H2,1-2H3,(H,21,23). The van der Waals surface area contributed by atoms with Crippen LogP contribution in [-0.2, 0) is 17.8 Å². The van der Waals surface area contributed by atoms with Crippen LogP contribution in [0.15, 0.2) is 48.7 Å². The molecule has 0 aliphatic heterocycles. The van der Waals surface area contributed by atoms with E-state index in [-0.39, 0.29) is 5.91 Å². The average Bonchev–Trinajstić information content (AvgIpc) is 2.96. The van der Waals surface area contributed by atoms with Gasteiger partial charge in [0.1, 0.15) is 0 Å². The monoisotopic (exact) mass is 307 g/mol. The maximum Gasteiger partial charge on any atom is 0.226 e. The predicted molar refractivity (Wildman–Crippen MR) is 93.5 cm³/mol. The Morgan fingerprint density at radius 3 is 2.70 bits per heavy atom. The lowest BCUT2D eigenvalue weighted by Crippen LogP contribution is -2.15. The minimum atomic E-state index is 0.00514. The lowest BCUT2D eigenvalue weighted by Gasteiger charge is -2.07. The SMILES string of the molecule is CCc1ccc(NC(=O)CCn2ncc3ccc(C)cc32)cc1. The summed E-state index contributed by atoms with van der Waals surface area (Å²) in [4.78, 5) is 12.1. The maximum atomic E-state index is 12.1. The number of nitrogens with one attached hydrogen (secondary N) is 1. The third kappa shape index (κ3) is 3.59. The summed E-state index contributed by atoms with van der Waals surface area (Å²) in [6.45, 7) is 4.75. The number of aryl methyl sites for hydroxylation is 3. The summed E-state index contributed by atoms with van der Waals surface area (Å²) in [5.74, 6) is 0.00514. The summed E-state index contributed by atoms with van der Waals surface area (Å²) >= 11 is 0. The van der Waals surface area contributed by atoms with E-state index in [1.165, 1.54) is 11.1 Å². The first-order valence-electron chi connectivity index (χ1n) is 7.96. The van der Waals surface area contributed by atoms with Gasteiger partial charge in [0.25, 0.3) is 0 Å². The Morgan fingerprint density at radius 1 is 1.17 bits per heavy atom. The molecule has 0 aliphatic carbocycles. The van der Waals surface area contributed by atoms with Gasteiger partial charge in [0.2, 0.25) is 5.91 Å². The van der Waals surface area contributed by atoms with Crippen LogP contribution >= 0.6 is 0 Å². The first-order valence-corrected chi connectivity index (χ1v) is 7.96. The number of hydrogen-bond donors (Lipinski definition) is 1. The lowest BCUT2D eigenvalue weighted by atomic mass is 10.1. The minimum Gasteiger partial charge on any atom is -0.326 e. The molecule has 0 spiro atoms. The number of aromatic nitrogens is 2. The summed E-state index contributed by atoms with van der Waals surface area (Å²) in [5.41, 5.74) is 4.37. The maximum absolute atomic E-state index is 12.1. The molecule has 4 heteroatoms. The Hall–Kier alpha value is -2.62. The molecule has 1 aromatic heterocycles. The molecule has 0 fully saturated rings. The first-order chi connectivity index (χ1) is 11.2. The zero-order valence-electron chi connectivity index (χ0n) is 13.5. The van der Waals surface area contributed by atoms with Gasteiger partial charge in [0.15, 0.2) is 0 Å². The highest BCUT2D eigenvalue weighted by molar-refractivity contribution is 5.90. The van der Waals surface area contributed by atoms with Crippen molar-refractivity contribution >= 4 is 22.5 Å². The Labute approximate surface area is 136 Å². The minimum absolute atomic E-state index is 0.00514. The number of amides is 1. The molecule has 0 saturated carbocycles. The van der Waals surface area contributed by atoms with E-state index >= 15 is 0 Å². The fourth-order valence-corrected chi connectivity index (χ4v) is 2.61. The van der Waals surface area contributed by atoms with Crippen LogP contribution in [0.25, 0.3) is 10.9 Å². The number of benzene rings is 2. The van der Waals surface area contributed by atoms with Gasteiger partial charge in [-0.15, -0.1) is 0 Å². The Kier molecular flexibility index (Phi) is 4.42. The molecule has 0 bridgehead atoms. The highest BCUT2D eigenvalue weighted by Crippen LogP contribution is 2.16. The summed E-state index contributed by atoms with van der Waals surface area (Å²) in [7, 11) is 0. The van der Waals surface area contributed by atoms with Crippen molar-refractivity contribution in [2.45, 2.75) is 33.2 Å². The second-order valence-corrected chi connectivity index (χ2v) is 5.78. The Balaban J connectivity index is 1.62. The topological polar surface area (TPSA) is 46.9 Å². The fourth-order valence-electron chi connectivity index (χ4n) is 2.61. The number of carbonyl (C=O) groups excluding carboxylic acids is 1. The van der Waals surface area contributed by atoms with Gasteiger partial charge in [-0.1, -0.05) is 31.2 Å². The molecule has 0 radical (unpaired) electrons. The van der Waals surface area contributed by atoms with Gasteiger partial charge >= 0.3 is 0 Å². The first kappa shape index (κ1) is 15.3. The molecule has 1 N–H and O–H groups in total. The molecule has 2 aromatic carbocycles. The molecule has 3 aromatic rings. The van der Waals surface area contributed by atoms with E-state index < -0.39 is 0 Å². The highest BCUT2D eigenvalue weighted by Gasteiger charge is 2.07. The van der Waals surface area contributed by atoms with Gasteiger partial charge in [-0.25, -0.2) is 0 Å². The molecule has 0 atom stereocenters. The molecular formula is C19H21N3O. The molecule has 0 unspecified atom stereocenters. The van der Waals surface area contributed by atoms with Crippen LogP contribution in [0.4, 0.5) is 5.69 Å². The van der Waals surface area contributed by atoms with E-state index in [0.717, 1.165) is 23.0 Å². The van der Waals surface area contributed by atoms with Gasteiger partial charge in [-0.05, 0) is 42.7 Å². The third-order valence-corrected chi connectivity index (χ3v) is 4.00. The van der Waals surface area contributed by atoms with Crippen molar-refractivity contribution in [1.29, 1.82) is 0 Å². The van der Waals surface area contributed by atoms with Crippen LogP contribution in [0.3, 0.4) is 0 Å². The largest absolute Gasteiger partial charge is 0.326 e. The number of carbonyl (C=O) groups is 1. The normalized spacial score (nSPS) is 10.9. The van der Waals surface area contributed by atoms with Crippen molar-refractivity contribution < 1.29 is 4.79 Å². The second kappa shape index (κ2) is 6.65. The summed E-state index contributed by atoms with van der Waals surface area (Å²) in [5, 5.41) is 8.41. The number of anilines is 1. The summed E-state index contributed by atoms with van der Waals surface area (Å²) in [6, 6.07) is 14.2. The zero-order valence-corrected chi connectivity index (χ0v) is 13.5. The summed E-state index contributed by atoms with van der Waals surface area (Å²) < 4.78 is 1.89. The molecule has 0 saturated heterocycles. The zero-order chi connectivity index (χ0) is 16.2. The Bertz CT molecular complexity index is 818. The predicted octanol–water partition coefficient (Wildman–Crippen LogP) is 3.94. The van der Waals surface area contributed by atoms with Gasteiger partial charge < -0.3 is 5.32 Å². The Morgan fingerprint density at radius 2 is 1.96 bits per heavy atom. The molecule has 1 amide bonds. The third-order valence-electron chi connectivity index (χ3n) is 4.00. The van der Waals surface area contributed by atoms with Crippen molar-refractivity contribution in [1.82, 2.24) is 9.78 Å². The van der Waals surface area contributed by atoms with Crippen LogP contribution < -0.4 is 5.32 Å². The van der Waals surface area contributed by atoms with Crippen molar-refractivity contribution in [3.05, 3.63) is 59.8 Å². The number of hydrogen-bond acceptors (Lipinski definition) is 2. The van der Waals surface area contributed by atoms with Crippen LogP contribution in [0.2, 0.25) is 0 Å². The molecule has 3 rings (SSSR count). The van der Waals surface area contributed by atoms with Gasteiger partial charge in [-0.3, -0.25) is 9.48 Å². The van der Waals surface area contributed by atoms with Crippen molar-refractivity contribution in [2.75, 3.05) is 5.32 Å². The van der Waals surface area contributed by atoms with E-state index in [1.807, 2.05) is 35.1 Å². The van der Waals surface area contributed by atoms with Gasteiger partial charge in [0, 0.05) is 17.5 Å². The van der Waals surface area contributed by atoms with Crippen molar-refractivity contribution in [3.63, 3.8) is 0 Å². The van der Waals surface area contributed by atoms with Crippen LogP contribution in [-0.4, -0.2) is 15.7 Å². The van der Waals surface area contributed by atoms with Crippen LogP contribution in [0.5, 0.6) is 0 Å². The average molecular weight is 307 g/mol. The number of fused-ring (bicyclic) bond motifs is 1. The van der Waals surface area contributed by atoms with Gasteiger partial charge in [-0.2, -0.15) is 5.10 Å². The van der Waals surface area contributed by atoms with E-state index in [1.54, 1.807) is 0 Å². The lowest BCUT2D eigenvalue weighted by molar-refractivity contribution is -0.116. The van der Waals surface area contributed by atoms with E-state index in [9.17, 15) is 4.79 Å². The second-order valence-electron chi connectivity index (χ2n) is 5.78. The van der Waals surface area contributed by atoms with E-state index in [2.05, 4.69) is 42.5 Å². The molecule has 23 heavy (non-hydrogen) atoms. The fraction of sp³-hybridized carbons (Fsp3) is 0.263. The molecule has 4 nitrogen and oxygen atoms in total. The number of nitrogens with zero attached hydrogens (tertiary/aromatic N) is 2. The van der Waals surface area contributed by atoms with Gasteiger partial charge in [0.05, 0.1) is 18.3 Å². The quantitative estimate of drug-likeness (QED) is 0.776. The van der Waals surface area contributed by atoms with Crippen LogP contribution in [0.1, 0.15) is 24.5 Å². The molecule has 118 valence electrons. The van der Waals surface area contributed by atoms with Crippen molar-refractivity contribution in [3.8, 4) is 0 Å². The smallest absolute Gasteiger partial charge is 0.226 e. The van der Waals surface area contributed by atoms with E-state index in [0.29, 0.717) is 13.0 Å². The highest BCUT2D eigenvalue weighted by atomic mass is 16.1. The van der Waals surface area contributed by atoms with Crippen molar-refractivity contribution in [2.24, 2.45) is 0 Å². The van der Waals surface area contributed by atoms with Crippen LogP contribution in [0, 0.1) is 6.92 Å².